The van der Waals surface area contributed by atoms with E-state index < -0.39 is 0 Å². The molecule has 1 unspecified atom stereocenters. The van der Waals surface area contributed by atoms with E-state index in [4.69, 9.17) is 5.73 Å². The maximum atomic E-state index is 5.84. The molecule has 1 aromatic rings. The summed E-state index contributed by atoms with van der Waals surface area (Å²) in [6, 6.07) is 10.5. The Bertz CT molecular complexity index is 440. The first-order valence-electron chi connectivity index (χ1n) is 5.59. The molecule has 2 N–H and O–H groups in total. The van der Waals surface area contributed by atoms with Crippen LogP contribution < -0.4 is 5.73 Å². The molecule has 1 aliphatic carbocycles. The second-order valence-corrected chi connectivity index (χ2v) is 4.32. The molecule has 0 bridgehead atoms. The van der Waals surface area contributed by atoms with Gasteiger partial charge in [-0.05, 0) is 25.0 Å². The third-order valence-electron chi connectivity index (χ3n) is 2.97. The van der Waals surface area contributed by atoms with E-state index >= 15 is 0 Å². The molecule has 0 saturated heterocycles. The first-order valence-corrected chi connectivity index (χ1v) is 5.59. The van der Waals surface area contributed by atoms with Crippen molar-refractivity contribution in [3.63, 3.8) is 0 Å². The zero-order valence-corrected chi connectivity index (χ0v) is 9.56. The largest absolute Gasteiger partial charge is 0.399 e. The van der Waals surface area contributed by atoms with E-state index in [0.29, 0.717) is 0 Å². The summed E-state index contributed by atoms with van der Waals surface area (Å²) in [5, 5.41) is 0. The third kappa shape index (κ3) is 2.25. The van der Waals surface area contributed by atoms with Crippen LogP contribution in [0.25, 0.3) is 0 Å². The Morgan fingerprint density at radius 1 is 1.12 bits per heavy atom. The summed E-state index contributed by atoms with van der Waals surface area (Å²) in [6.07, 6.45) is 11.5. The predicted molar refractivity (Wildman–Crippen MR) is 69.0 cm³/mol. The Kier molecular flexibility index (Phi) is 2.95. The lowest BCUT2D eigenvalue weighted by Crippen LogP contribution is -2.16. The third-order valence-corrected chi connectivity index (χ3v) is 2.97. The molecular formula is C15H17N. The van der Waals surface area contributed by atoms with Crippen molar-refractivity contribution in [1.82, 2.24) is 0 Å². The second-order valence-electron chi connectivity index (χ2n) is 4.32. The van der Waals surface area contributed by atoms with Crippen LogP contribution in [-0.2, 0) is 5.41 Å². The maximum absolute atomic E-state index is 5.84. The average Bonchev–Trinajstić information content (AvgIpc) is 2.31. The van der Waals surface area contributed by atoms with Gasteiger partial charge in [0.05, 0.1) is 0 Å². The summed E-state index contributed by atoms with van der Waals surface area (Å²) >= 11 is 0. The van der Waals surface area contributed by atoms with Crippen LogP contribution in [0.15, 0.2) is 66.4 Å². The van der Waals surface area contributed by atoms with Crippen molar-refractivity contribution in [2.24, 2.45) is 5.73 Å². The van der Waals surface area contributed by atoms with E-state index in [2.05, 4.69) is 49.4 Å². The van der Waals surface area contributed by atoms with Crippen molar-refractivity contribution < 1.29 is 0 Å². The van der Waals surface area contributed by atoms with Gasteiger partial charge in [-0.3, -0.25) is 0 Å². The van der Waals surface area contributed by atoms with Gasteiger partial charge < -0.3 is 5.73 Å². The van der Waals surface area contributed by atoms with E-state index in [9.17, 15) is 0 Å². The van der Waals surface area contributed by atoms with Crippen LogP contribution in [-0.4, -0.2) is 0 Å². The van der Waals surface area contributed by atoms with Gasteiger partial charge in [0.2, 0.25) is 0 Å². The molecule has 16 heavy (non-hydrogen) atoms. The zero-order chi connectivity index (χ0) is 11.4. The number of nitrogens with two attached hydrogens (primary N) is 1. The van der Waals surface area contributed by atoms with Gasteiger partial charge in [-0.1, -0.05) is 54.6 Å². The van der Waals surface area contributed by atoms with Crippen LogP contribution in [0.1, 0.15) is 18.9 Å². The Labute approximate surface area is 97.0 Å². The summed E-state index contributed by atoms with van der Waals surface area (Å²) < 4.78 is 0. The molecule has 0 aromatic heterocycles. The van der Waals surface area contributed by atoms with E-state index in [1.165, 1.54) is 5.56 Å². The van der Waals surface area contributed by atoms with E-state index in [1.807, 2.05) is 18.2 Å². The maximum Gasteiger partial charge on any atom is 0.0287 e. The van der Waals surface area contributed by atoms with Gasteiger partial charge in [0.25, 0.3) is 0 Å². The van der Waals surface area contributed by atoms with E-state index in [1.54, 1.807) is 0 Å². The normalized spacial score (nSPS) is 31.9. The smallest absolute Gasteiger partial charge is 0.0287 e. The zero-order valence-electron chi connectivity index (χ0n) is 9.56. The molecular weight excluding hydrogens is 194 g/mol. The van der Waals surface area contributed by atoms with Crippen LogP contribution in [0.2, 0.25) is 0 Å². The quantitative estimate of drug-likeness (QED) is 0.709. The number of rotatable bonds is 1. The number of hydrogen-bond donors (Lipinski definition) is 1. The van der Waals surface area contributed by atoms with Crippen molar-refractivity contribution in [1.29, 1.82) is 0 Å². The average molecular weight is 211 g/mol. The minimum atomic E-state index is -0.0554. The Hall–Kier alpha value is -1.76. The number of hydrogen-bond acceptors (Lipinski definition) is 1. The fourth-order valence-corrected chi connectivity index (χ4v) is 1.90. The Morgan fingerprint density at radius 2 is 1.88 bits per heavy atom. The highest BCUT2D eigenvalue weighted by atomic mass is 14.6. The highest BCUT2D eigenvalue weighted by molar-refractivity contribution is 5.38. The van der Waals surface area contributed by atoms with Crippen molar-refractivity contribution in [2.75, 3.05) is 0 Å². The molecule has 1 nitrogen and oxygen atoms in total. The van der Waals surface area contributed by atoms with Crippen LogP contribution in [0.3, 0.4) is 0 Å². The van der Waals surface area contributed by atoms with Crippen LogP contribution in [0, 0.1) is 0 Å². The Morgan fingerprint density at radius 3 is 2.62 bits per heavy atom. The molecule has 0 spiro atoms. The van der Waals surface area contributed by atoms with Crippen molar-refractivity contribution in [3.05, 3.63) is 72.0 Å². The molecule has 1 heteroatoms. The summed E-state index contributed by atoms with van der Waals surface area (Å²) in [5.74, 6) is 0. The van der Waals surface area contributed by atoms with Gasteiger partial charge >= 0.3 is 0 Å². The standard InChI is InChI=1S/C15H17N/c1-15(13-7-3-2-4-8-13)11-6-5-9-14(16)10-12-15/h2-4,6-12H,5,16H2,1H3/b11-6-,12-10-,14-9+. The molecule has 0 amide bonds. The Balaban J connectivity index is 2.41. The van der Waals surface area contributed by atoms with E-state index in [-0.39, 0.29) is 5.41 Å². The van der Waals surface area contributed by atoms with Gasteiger partial charge in [0.1, 0.15) is 0 Å². The lowest BCUT2D eigenvalue weighted by molar-refractivity contribution is 0.752. The summed E-state index contributed by atoms with van der Waals surface area (Å²) in [7, 11) is 0. The van der Waals surface area contributed by atoms with E-state index in [0.717, 1.165) is 12.1 Å². The first kappa shape index (κ1) is 10.7. The van der Waals surface area contributed by atoms with Gasteiger partial charge in [-0.25, -0.2) is 0 Å². The molecule has 1 aliphatic rings. The lowest BCUT2D eigenvalue weighted by atomic mass is 9.81. The molecule has 0 aliphatic heterocycles. The minimum Gasteiger partial charge on any atom is -0.399 e. The lowest BCUT2D eigenvalue weighted by Gasteiger charge is -2.23. The van der Waals surface area contributed by atoms with Gasteiger partial charge in [0.15, 0.2) is 0 Å². The monoisotopic (exact) mass is 211 g/mol. The predicted octanol–water partition coefficient (Wildman–Crippen LogP) is 3.30. The number of benzene rings is 1. The van der Waals surface area contributed by atoms with Crippen molar-refractivity contribution in [2.45, 2.75) is 18.8 Å². The van der Waals surface area contributed by atoms with Gasteiger partial charge in [-0.2, -0.15) is 0 Å². The molecule has 0 heterocycles. The molecule has 1 aromatic carbocycles. The highest BCUT2D eigenvalue weighted by Crippen LogP contribution is 2.28. The van der Waals surface area contributed by atoms with Crippen molar-refractivity contribution in [3.8, 4) is 0 Å². The fraction of sp³-hybridized carbons (Fsp3) is 0.200. The first-order chi connectivity index (χ1) is 7.71. The molecule has 1 atom stereocenters. The minimum absolute atomic E-state index is 0.0554. The molecule has 82 valence electrons. The highest BCUT2D eigenvalue weighted by Gasteiger charge is 2.19. The van der Waals surface area contributed by atoms with Crippen LogP contribution >= 0.6 is 0 Å². The molecule has 0 saturated carbocycles. The van der Waals surface area contributed by atoms with Gasteiger partial charge in [-0.15, -0.1) is 0 Å². The summed E-state index contributed by atoms with van der Waals surface area (Å²) in [6.45, 7) is 2.20. The fourth-order valence-electron chi connectivity index (χ4n) is 1.90. The molecule has 0 radical (unpaired) electrons. The van der Waals surface area contributed by atoms with Crippen LogP contribution in [0.5, 0.6) is 0 Å². The number of allylic oxidation sites excluding steroid dienone is 5. The topological polar surface area (TPSA) is 26.0 Å². The summed E-state index contributed by atoms with van der Waals surface area (Å²) in [4.78, 5) is 0. The SMILES string of the molecule is CC1(c2ccccc2)/C=C\C/C=C(N)\C=C/1. The van der Waals surface area contributed by atoms with Crippen LogP contribution in [0.4, 0.5) is 0 Å². The van der Waals surface area contributed by atoms with Crippen molar-refractivity contribution >= 4 is 0 Å². The summed E-state index contributed by atoms with van der Waals surface area (Å²) in [5.41, 5.74) is 7.92. The molecule has 2 rings (SSSR count). The molecule has 0 fully saturated rings. The van der Waals surface area contributed by atoms with Gasteiger partial charge in [0, 0.05) is 11.1 Å². The second kappa shape index (κ2) is 4.40.